The molecular weight excluding hydrogens is 306 g/mol. The fraction of sp³-hybridized carbons (Fsp3) is 0.562. The predicted molar refractivity (Wildman–Crippen MR) is 80.9 cm³/mol. The average Bonchev–Trinajstić information content (AvgIpc) is 2.98. The van der Waals surface area contributed by atoms with Crippen molar-refractivity contribution in [2.24, 2.45) is 0 Å². The van der Waals surface area contributed by atoms with E-state index in [4.69, 9.17) is 9.84 Å². The van der Waals surface area contributed by atoms with Gasteiger partial charge >= 0.3 is 6.03 Å². The second-order valence-corrected chi connectivity index (χ2v) is 5.52. The van der Waals surface area contributed by atoms with E-state index in [0.29, 0.717) is 25.1 Å². The molecule has 1 aliphatic heterocycles. The number of aliphatic hydroxyl groups is 1. The maximum Gasteiger partial charge on any atom is 0.317 e. The largest absolute Gasteiger partial charge is 0.395 e. The molecule has 2 unspecified atom stereocenters. The second-order valence-electron chi connectivity index (χ2n) is 5.52. The first kappa shape index (κ1) is 17.6. The SMILES string of the molecule is CCCN(CCO)C(=O)NC1CCOC1c1ccc(F)c(F)c1. The van der Waals surface area contributed by atoms with Crippen molar-refractivity contribution in [3.8, 4) is 0 Å². The Morgan fingerprint density at radius 2 is 2.17 bits per heavy atom. The number of urea groups is 1. The zero-order chi connectivity index (χ0) is 16.8. The summed E-state index contributed by atoms with van der Waals surface area (Å²) in [7, 11) is 0. The van der Waals surface area contributed by atoms with Gasteiger partial charge in [-0.1, -0.05) is 13.0 Å². The highest BCUT2D eigenvalue weighted by atomic mass is 19.2. The Kier molecular flexibility index (Phi) is 6.29. The number of carbonyl (C=O) groups is 1. The standard InChI is InChI=1S/C16H22F2N2O3/c1-2-6-20(7-8-21)16(22)19-14-5-9-23-15(14)11-3-4-12(17)13(18)10-11/h3-4,10,14-15,21H,2,5-9H2,1H3,(H,19,22). The number of carbonyl (C=O) groups excluding carboxylic acids is 1. The van der Waals surface area contributed by atoms with Crippen molar-refractivity contribution in [1.29, 1.82) is 0 Å². The number of ether oxygens (including phenoxy) is 1. The lowest BCUT2D eigenvalue weighted by Crippen LogP contribution is -2.47. The molecule has 0 saturated carbocycles. The lowest BCUT2D eigenvalue weighted by Gasteiger charge is -2.26. The summed E-state index contributed by atoms with van der Waals surface area (Å²) in [5.41, 5.74) is 0.496. The van der Waals surface area contributed by atoms with Gasteiger partial charge in [-0.2, -0.15) is 0 Å². The molecule has 2 amide bonds. The molecule has 7 heteroatoms. The van der Waals surface area contributed by atoms with Crippen LogP contribution in [0.4, 0.5) is 13.6 Å². The summed E-state index contributed by atoms with van der Waals surface area (Å²) in [5.74, 6) is -1.85. The van der Waals surface area contributed by atoms with E-state index in [9.17, 15) is 13.6 Å². The van der Waals surface area contributed by atoms with Crippen LogP contribution in [0.2, 0.25) is 0 Å². The first-order valence-corrected chi connectivity index (χ1v) is 7.79. The molecule has 5 nitrogen and oxygen atoms in total. The van der Waals surface area contributed by atoms with Crippen LogP contribution in [0.5, 0.6) is 0 Å². The van der Waals surface area contributed by atoms with Crippen molar-refractivity contribution >= 4 is 6.03 Å². The van der Waals surface area contributed by atoms with E-state index in [1.54, 1.807) is 0 Å². The summed E-state index contributed by atoms with van der Waals surface area (Å²) in [6, 6.07) is 3.02. The Balaban J connectivity index is 2.06. The van der Waals surface area contributed by atoms with E-state index in [1.807, 2.05) is 6.92 Å². The van der Waals surface area contributed by atoms with Gasteiger partial charge in [0.05, 0.1) is 12.6 Å². The van der Waals surface area contributed by atoms with Gasteiger partial charge in [0.1, 0.15) is 6.10 Å². The Labute approximate surface area is 134 Å². The minimum Gasteiger partial charge on any atom is -0.395 e. The van der Waals surface area contributed by atoms with Gasteiger partial charge in [0.15, 0.2) is 11.6 Å². The number of halogens is 2. The van der Waals surface area contributed by atoms with Crippen molar-refractivity contribution in [1.82, 2.24) is 10.2 Å². The molecule has 1 fully saturated rings. The van der Waals surface area contributed by atoms with Crippen molar-refractivity contribution in [2.45, 2.75) is 31.9 Å². The Morgan fingerprint density at radius 3 is 2.83 bits per heavy atom. The van der Waals surface area contributed by atoms with E-state index < -0.39 is 17.7 Å². The van der Waals surface area contributed by atoms with E-state index in [2.05, 4.69) is 5.32 Å². The zero-order valence-corrected chi connectivity index (χ0v) is 13.1. The van der Waals surface area contributed by atoms with E-state index in [1.165, 1.54) is 11.0 Å². The summed E-state index contributed by atoms with van der Waals surface area (Å²) < 4.78 is 32.0. The third-order valence-electron chi connectivity index (χ3n) is 3.82. The molecule has 2 N–H and O–H groups in total. The summed E-state index contributed by atoms with van der Waals surface area (Å²) in [4.78, 5) is 13.8. The molecule has 0 aromatic heterocycles. The molecule has 0 spiro atoms. The maximum absolute atomic E-state index is 13.4. The first-order chi connectivity index (χ1) is 11.1. The van der Waals surface area contributed by atoms with Gasteiger partial charge in [-0.15, -0.1) is 0 Å². The molecule has 1 aliphatic rings. The fourth-order valence-electron chi connectivity index (χ4n) is 2.71. The Morgan fingerprint density at radius 1 is 1.39 bits per heavy atom. The number of nitrogens with one attached hydrogen (secondary N) is 1. The number of amides is 2. The van der Waals surface area contributed by atoms with Crippen molar-refractivity contribution in [2.75, 3.05) is 26.3 Å². The second kappa shape index (κ2) is 8.21. The van der Waals surface area contributed by atoms with Gasteiger partial charge in [0.25, 0.3) is 0 Å². The van der Waals surface area contributed by atoms with Gasteiger partial charge in [-0.25, -0.2) is 13.6 Å². The number of hydrogen-bond donors (Lipinski definition) is 2. The average molecular weight is 328 g/mol. The van der Waals surface area contributed by atoms with Crippen LogP contribution in [0.3, 0.4) is 0 Å². The highest BCUT2D eigenvalue weighted by Gasteiger charge is 2.32. The topological polar surface area (TPSA) is 61.8 Å². The fourth-order valence-corrected chi connectivity index (χ4v) is 2.71. The van der Waals surface area contributed by atoms with Crippen LogP contribution in [0.25, 0.3) is 0 Å². The molecule has 1 heterocycles. The molecule has 1 saturated heterocycles. The minimum absolute atomic E-state index is 0.110. The van der Waals surface area contributed by atoms with E-state index >= 15 is 0 Å². The van der Waals surface area contributed by atoms with Gasteiger partial charge < -0.3 is 20.1 Å². The van der Waals surface area contributed by atoms with Crippen LogP contribution in [-0.2, 0) is 4.74 Å². The molecule has 0 aliphatic carbocycles. The molecule has 1 aromatic carbocycles. The maximum atomic E-state index is 13.4. The van der Waals surface area contributed by atoms with Gasteiger partial charge in [-0.3, -0.25) is 0 Å². The summed E-state index contributed by atoms with van der Waals surface area (Å²) in [6.45, 7) is 3.06. The lowest BCUT2D eigenvalue weighted by molar-refractivity contribution is 0.0971. The number of hydrogen-bond acceptors (Lipinski definition) is 3. The van der Waals surface area contributed by atoms with Gasteiger partial charge in [-0.05, 0) is 30.5 Å². The number of nitrogens with zero attached hydrogens (tertiary/aromatic N) is 1. The van der Waals surface area contributed by atoms with E-state index in [-0.39, 0.29) is 25.2 Å². The molecule has 2 atom stereocenters. The van der Waals surface area contributed by atoms with Crippen LogP contribution in [0, 0.1) is 11.6 Å². The molecular formula is C16H22F2N2O3. The monoisotopic (exact) mass is 328 g/mol. The molecule has 23 heavy (non-hydrogen) atoms. The predicted octanol–water partition coefficient (Wildman–Crippen LogP) is 2.21. The number of benzene rings is 1. The van der Waals surface area contributed by atoms with Crippen LogP contribution in [0.1, 0.15) is 31.4 Å². The van der Waals surface area contributed by atoms with Gasteiger partial charge in [0.2, 0.25) is 0 Å². The summed E-state index contributed by atoms with van der Waals surface area (Å²) in [5, 5.41) is 11.9. The molecule has 0 radical (unpaired) electrons. The Bertz CT molecular complexity index is 536. The smallest absolute Gasteiger partial charge is 0.317 e. The summed E-state index contributed by atoms with van der Waals surface area (Å²) in [6.07, 6.45) is 0.863. The highest BCUT2D eigenvalue weighted by Crippen LogP contribution is 2.30. The quantitative estimate of drug-likeness (QED) is 0.842. The lowest BCUT2D eigenvalue weighted by atomic mass is 10.0. The molecule has 128 valence electrons. The first-order valence-electron chi connectivity index (χ1n) is 7.79. The van der Waals surface area contributed by atoms with Crippen LogP contribution < -0.4 is 5.32 Å². The van der Waals surface area contributed by atoms with Crippen molar-refractivity contribution < 1.29 is 23.4 Å². The number of rotatable bonds is 6. The summed E-state index contributed by atoms with van der Waals surface area (Å²) >= 11 is 0. The Hall–Kier alpha value is -1.73. The van der Waals surface area contributed by atoms with Gasteiger partial charge in [0, 0.05) is 19.7 Å². The molecule has 0 bridgehead atoms. The minimum atomic E-state index is -0.934. The molecule has 2 rings (SSSR count). The number of aliphatic hydroxyl groups excluding tert-OH is 1. The van der Waals surface area contributed by atoms with Crippen molar-refractivity contribution in [3.05, 3.63) is 35.4 Å². The van der Waals surface area contributed by atoms with E-state index in [0.717, 1.165) is 18.6 Å². The van der Waals surface area contributed by atoms with Crippen LogP contribution in [0.15, 0.2) is 18.2 Å². The van der Waals surface area contributed by atoms with Crippen molar-refractivity contribution in [3.63, 3.8) is 0 Å². The van der Waals surface area contributed by atoms with Crippen LogP contribution >= 0.6 is 0 Å². The normalized spacial score (nSPS) is 20.5. The third kappa shape index (κ3) is 4.39. The zero-order valence-electron chi connectivity index (χ0n) is 13.1. The third-order valence-corrected chi connectivity index (χ3v) is 3.82. The van der Waals surface area contributed by atoms with Crippen LogP contribution in [-0.4, -0.2) is 48.4 Å². The highest BCUT2D eigenvalue weighted by molar-refractivity contribution is 5.74. The molecule has 1 aromatic rings.